The number of hydrogen-bond acceptors (Lipinski definition) is 5. The Hall–Kier alpha value is -2.22. The maximum absolute atomic E-state index is 12.2. The Balaban J connectivity index is 2.65. The number of hydrazone groups is 1. The van der Waals surface area contributed by atoms with Gasteiger partial charge in [-0.2, -0.15) is 13.5 Å². The molecule has 0 aromatic heterocycles. The summed E-state index contributed by atoms with van der Waals surface area (Å²) < 4.78 is 24.3. The van der Waals surface area contributed by atoms with Crippen LogP contribution < -0.4 is 4.83 Å². The Kier molecular flexibility index (Phi) is 7.76. The van der Waals surface area contributed by atoms with Gasteiger partial charge in [0.15, 0.2) is 0 Å². The van der Waals surface area contributed by atoms with Crippen molar-refractivity contribution >= 4 is 21.9 Å². The van der Waals surface area contributed by atoms with Crippen LogP contribution in [0.4, 0.5) is 5.69 Å². The Morgan fingerprint density at radius 2 is 2.08 bits per heavy atom. The van der Waals surface area contributed by atoms with E-state index in [2.05, 4.69) is 36.8 Å². The van der Waals surface area contributed by atoms with Gasteiger partial charge in [-0.3, -0.25) is 10.1 Å². The van der Waals surface area contributed by atoms with Gasteiger partial charge in [-0.1, -0.05) is 24.6 Å². The fourth-order valence-corrected chi connectivity index (χ4v) is 2.95. The van der Waals surface area contributed by atoms with Gasteiger partial charge < -0.3 is 0 Å². The van der Waals surface area contributed by atoms with Crippen LogP contribution in [0.2, 0.25) is 0 Å². The summed E-state index contributed by atoms with van der Waals surface area (Å²) in [6, 6.07) is 3.76. The summed E-state index contributed by atoms with van der Waals surface area (Å²) in [6.45, 7) is 7.73. The van der Waals surface area contributed by atoms with Gasteiger partial charge in [-0.15, -0.1) is 0 Å². The molecule has 0 amide bonds. The molecule has 0 aliphatic rings. The first-order valence-electron chi connectivity index (χ1n) is 8.05. The van der Waals surface area contributed by atoms with Crippen molar-refractivity contribution < 1.29 is 13.3 Å². The molecule has 7 nitrogen and oxygen atoms in total. The van der Waals surface area contributed by atoms with Crippen molar-refractivity contribution in [1.82, 2.24) is 4.83 Å². The highest BCUT2D eigenvalue weighted by Gasteiger charge is 2.19. The molecule has 0 spiro atoms. The number of hydrogen-bond donors (Lipinski definition) is 1. The summed E-state index contributed by atoms with van der Waals surface area (Å²) >= 11 is 0. The van der Waals surface area contributed by atoms with Crippen molar-refractivity contribution in [1.29, 1.82) is 0 Å². The number of benzene rings is 1. The van der Waals surface area contributed by atoms with Gasteiger partial charge in [-0.05, 0) is 52.0 Å². The van der Waals surface area contributed by atoms with Gasteiger partial charge in [0.05, 0.1) is 9.82 Å². The van der Waals surface area contributed by atoms with E-state index < -0.39 is 14.9 Å². The van der Waals surface area contributed by atoms with E-state index >= 15 is 0 Å². The van der Waals surface area contributed by atoms with Crippen molar-refractivity contribution in [3.8, 4) is 0 Å². The minimum absolute atomic E-state index is 0.182. The Labute approximate surface area is 149 Å². The highest BCUT2D eigenvalue weighted by atomic mass is 32.2. The first kappa shape index (κ1) is 20.8. The number of nitro groups is 1. The normalized spacial score (nSPS) is 12.8. The van der Waals surface area contributed by atoms with E-state index in [1.54, 1.807) is 6.92 Å². The molecular formula is C17H25N3O4S. The zero-order chi connectivity index (χ0) is 19.0. The quantitative estimate of drug-likeness (QED) is 0.309. The van der Waals surface area contributed by atoms with Crippen LogP contribution in [-0.4, -0.2) is 19.6 Å². The lowest BCUT2D eigenvalue weighted by atomic mass is 10.0. The van der Waals surface area contributed by atoms with E-state index in [4.69, 9.17) is 0 Å². The van der Waals surface area contributed by atoms with Crippen LogP contribution in [0.25, 0.3) is 0 Å². The molecule has 1 rings (SSSR count). The van der Waals surface area contributed by atoms with Crippen molar-refractivity contribution in [2.24, 2.45) is 11.0 Å². The summed E-state index contributed by atoms with van der Waals surface area (Å²) in [4.78, 5) is 12.2. The van der Waals surface area contributed by atoms with Gasteiger partial charge in [0.25, 0.3) is 15.7 Å². The van der Waals surface area contributed by atoms with E-state index in [0.29, 0.717) is 17.9 Å². The molecule has 0 heterocycles. The predicted octanol–water partition coefficient (Wildman–Crippen LogP) is 3.94. The van der Waals surface area contributed by atoms with Crippen LogP contribution in [0.15, 0.2) is 39.8 Å². The molecule has 8 heteroatoms. The smallest absolute Gasteiger partial charge is 0.258 e. The molecule has 0 aliphatic heterocycles. The highest BCUT2D eigenvalue weighted by molar-refractivity contribution is 7.89. The zero-order valence-electron chi connectivity index (χ0n) is 15.0. The molecule has 0 aliphatic carbocycles. The molecule has 1 aromatic carbocycles. The number of nitrogens with zero attached hydrogens (tertiary/aromatic N) is 2. The summed E-state index contributed by atoms with van der Waals surface area (Å²) in [7, 11) is -3.92. The topological polar surface area (TPSA) is 102 Å². The lowest BCUT2D eigenvalue weighted by Gasteiger charge is -2.07. The maximum Gasteiger partial charge on any atom is 0.276 e. The van der Waals surface area contributed by atoms with Gasteiger partial charge in [0.2, 0.25) is 0 Å². The average molecular weight is 367 g/mol. The largest absolute Gasteiger partial charge is 0.276 e. The average Bonchev–Trinajstić information content (AvgIpc) is 2.51. The number of nitro benzene ring substituents is 1. The third kappa shape index (κ3) is 7.04. The SMILES string of the molecule is CC(C)=CCC[C@@H](C)C/C=N\NS(=O)(=O)c1ccc(C)c([N+](=O)[O-])c1. The monoisotopic (exact) mass is 367 g/mol. The molecule has 1 atom stereocenters. The summed E-state index contributed by atoms with van der Waals surface area (Å²) in [5.74, 6) is 0.379. The van der Waals surface area contributed by atoms with Crippen LogP contribution in [-0.2, 0) is 10.0 Å². The van der Waals surface area contributed by atoms with E-state index in [1.807, 2.05) is 0 Å². The molecule has 25 heavy (non-hydrogen) atoms. The minimum atomic E-state index is -3.92. The maximum atomic E-state index is 12.2. The third-order valence-electron chi connectivity index (χ3n) is 3.67. The molecule has 138 valence electrons. The Morgan fingerprint density at radius 1 is 1.40 bits per heavy atom. The van der Waals surface area contributed by atoms with Crippen LogP contribution in [0.1, 0.15) is 45.6 Å². The molecule has 0 fully saturated rings. The first-order valence-corrected chi connectivity index (χ1v) is 9.53. The number of aryl methyl sites for hydroxylation is 1. The van der Waals surface area contributed by atoms with Gasteiger partial charge in [0.1, 0.15) is 0 Å². The fourth-order valence-electron chi connectivity index (χ4n) is 2.12. The van der Waals surface area contributed by atoms with E-state index in [9.17, 15) is 18.5 Å². The van der Waals surface area contributed by atoms with Crippen molar-refractivity contribution in [2.75, 3.05) is 0 Å². The standard InChI is InChI=1S/C17H25N3O4S/c1-13(2)6-5-7-14(3)10-11-18-19-25(23,24)16-9-8-15(4)17(12-16)20(21)22/h6,8-9,11-12,14,19H,5,7,10H2,1-4H3/b18-11-/t14-/m1/s1. The predicted molar refractivity (Wildman–Crippen MR) is 99.1 cm³/mol. The highest BCUT2D eigenvalue weighted by Crippen LogP contribution is 2.22. The zero-order valence-corrected chi connectivity index (χ0v) is 15.8. The molecule has 0 unspecified atom stereocenters. The van der Waals surface area contributed by atoms with Gasteiger partial charge in [0, 0.05) is 17.8 Å². The second-order valence-corrected chi connectivity index (χ2v) is 7.97. The first-order chi connectivity index (χ1) is 11.6. The molecule has 0 bridgehead atoms. The van der Waals surface area contributed by atoms with Crippen molar-refractivity contribution in [2.45, 2.75) is 51.9 Å². The lowest BCUT2D eigenvalue weighted by Crippen LogP contribution is -2.18. The minimum Gasteiger partial charge on any atom is -0.258 e. The Morgan fingerprint density at radius 3 is 2.68 bits per heavy atom. The number of rotatable bonds is 9. The summed E-state index contributed by atoms with van der Waals surface area (Å²) in [6.07, 6.45) is 6.31. The van der Waals surface area contributed by atoms with Gasteiger partial charge in [-0.25, -0.2) is 4.83 Å². The number of allylic oxidation sites excluding steroid dienone is 2. The summed E-state index contributed by atoms with van der Waals surface area (Å²) in [5, 5.41) is 14.7. The number of sulfonamides is 1. The fraction of sp³-hybridized carbons (Fsp3) is 0.471. The van der Waals surface area contributed by atoms with Crippen LogP contribution in [0.3, 0.4) is 0 Å². The lowest BCUT2D eigenvalue weighted by molar-refractivity contribution is -0.385. The van der Waals surface area contributed by atoms with Crippen molar-refractivity contribution in [3.05, 3.63) is 45.5 Å². The third-order valence-corrected chi connectivity index (χ3v) is 4.89. The molecule has 1 aromatic rings. The molecular weight excluding hydrogens is 342 g/mol. The second kappa shape index (κ2) is 9.31. The molecule has 0 radical (unpaired) electrons. The Bertz CT molecular complexity index is 766. The number of nitrogens with one attached hydrogen (secondary N) is 1. The van der Waals surface area contributed by atoms with Crippen LogP contribution >= 0.6 is 0 Å². The van der Waals surface area contributed by atoms with Crippen LogP contribution in [0, 0.1) is 23.0 Å². The summed E-state index contributed by atoms with van der Waals surface area (Å²) in [5.41, 5.74) is 1.44. The van der Waals surface area contributed by atoms with Crippen LogP contribution in [0.5, 0.6) is 0 Å². The molecule has 1 N–H and O–H groups in total. The van der Waals surface area contributed by atoms with E-state index in [1.165, 1.54) is 23.9 Å². The second-order valence-electron chi connectivity index (χ2n) is 6.31. The van der Waals surface area contributed by atoms with Gasteiger partial charge >= 0.3 is 0 Å². The molecule has 0 saturated heterocycles. The molecule has 0 saturated carbocycles. The van der Waals surface area contributed by atoms with E-state index in [-0.39, 0.29) is 10.6 Å². The van der Waals surface area contributed by atoms with Crippen molar-refractivity contribution in [3.63, 3.8) is 0 Å². The van der Waals surface area contributed by atoms with E-state index in [0.717, 1.165) is 18.9 Å².